The van der Waals surface area contributed by atoms with E-state index in [2.05, 4.69) is 25.5 Å². The van der Waals surface area contributed by atoms with Crippen LogP contribution in [0.4, 0.5) is 14.5 Å². The normalized spacial score (nSPS) is 10.7. The zero-order valence-corrected chi connectivity index (χ0v) is 11.0. The molecule has 0 aliphatic carbocycles. The number of hydrogen-bond donors (Lipinski definition) is 2. The van der Waals surface area contributed by atoms with Gasteiger partial charge in [-0.05, 0) is 12.1 Å². The van der Waals surface area contributed by atoms with Crippen molar-refractivity contribution in [1.29, 1.82) is 0 Å². The molecule has 1 aromatic heterocycles. The summed E-state index contributed by atoms with van der Waals surface area (Å²) in [6, 6.07) is 2.45. The van der Waals surface area contributed by atoms with E-state index in [9.17, 15) is 13.6 Å². The van der Waals surface area contributed by atoms with Gasteiger partial charge in [0.25, 0.3) is 5.91 Å². The summed E-state index contributed by atoms with van der Waals surface area (Å²) in [4.78, 5) is 11.7. The van der Waals surface area contributed by atoms with Crippen LogP contribution in [0.1, 0.15) is 10.5 Å². The highest BCUT2D eigenvalue weighted by Gasteiger charge is 2.16. The van der Waals surface area contributed by atoms with Gasteiger partial charge in [-0.15, -0.1) is 0 Å². The van der Waals surface area contributed by atoms with Crippen LogP contribution in [-0.4, -0.2) is 27.9 Å². The van der Waals surface area contributed by atoms with Gasteiger partial charge in [-0.2, -0.15) is 24.2 Å². The first-order chi connectivity index (χ1) is 9.47. The van der Waals surface area contributed by atoms with Gasteiger partial charge in [0.2, 0.25) is 0 Å². The number of rotatable bonds is 4. The number of halogens is 4. The molecular weight excluding hydrogens is 317 g/mol. The molecule has 0 aliphatic rings. The minimum Gasteiger partial charge on any atom is -0.432 e. The summed E-state index contributed by atoms with van der Waals surface area (Å²) in [5.41, 5.74) is 0.250. The second-order valence-electron chi connectivity index (χ2n) is 3.46. The maximum Gasteiger partial charge on any atom is 0.387 e. The second-order valence-corrected chi connectivity index (χ2v) is 4.27. The first kappa shape index (κ1) is 14.5. The molecule has 10 heteroatoms. The van der Waals surface area contributed by atoms with Crippen molar-refractivity contribution in [2.24, 2.45) is 0 Å². The molecule has 20 heavy (non-hydrogen) atoms. The average Bonchev–Trinajstić information content (AvgIpc) is 2.87. The first-order valence-electron chi connectivity index (χ1n) is 5.08. The Hall–Kier alpha value is -1.93. The minimum atomic E-state index is -3.06. The van der Waals surface area contributed by atoms with Gasteiger partial charge in [0.05, 0.1) is 16.2 Å². The molecule has 106 valence electrons. The SMILES string of the molecule is O=C(Nc1cc(Cl)c(OC(F)F)c(Cl)c1)c1cn[nH]n1. The smallest absolute Gasteiger partial charge is 0.387 e. The van der Waals surface area contributed by atoms with Crippen LogP contribution < -0.4 is 10.1 Å². The van der Waals surface area contributed by atoms with Crippen molar-refractivity contribution in [3.63, 3.8) is 0 Å². The van der Waals surface area contributed by atoms with Gasteiger partial charge in [0.1, 0.15) is 0 Å². The summed E-state index contributed by atoms with van der Waals surface area (Å²) in [5.74, 6) is -0.920. The van der Waals surface area contributed by atoms with E-state index in [1.807, 2.05) is 0 Å². The third kappa shape index (κ3) is 3.34. The van der Waals surface area contributed by atoms with Crippen LogP contribution in [0.25, 0.3) is 0 Å². The van der Waals surface area contributed by atoms with E-state index < -0.39 is 12.5 Å². The van der Waals surface area contributed by atoms with Crippen molar-refractivity contribution in [3.8, 4) is 5.75 Å². The van der Waals surface area contributed by atoms with Gasteiger partial charge in [-0.3, -0.25) is 4.79 Å². The molecule has 0 aliphatic heterocycles. The Morgan fingerprint density at radius 3 is 2.50 bits per heavy atom. The molecule has 0 bridgehead atoms. The number of anilines is 1. The van der Waals surface area contributed by atoms with E-state index in [-0.39, 0.29) is 27.2 Å². The Bertz CT molecular complexity index is 599. The molecule has 1 amide bonds. The lowest BCUT2D eigenvalue weighted by molar-refractivity contribution is -0.0497. The molecule has 0 unspecified atom stereocenters. The van der Waals surface area contributed by atoms with E-state index in [1.165, 1.54) is 18.3 Å². The van der Waals surface area contributed by atoms with E-state index in [4.69, 9.17) is 23.2 Å². The highest BCUT2D eigenvalue weighted by Crippen LogP contribution is 2.37. The summed E-state index contributed by atoms with van der Waals surface area (Å²) in [5, 5.41) is 11.4. The fourth-order valence-electron chi connectivity index (χ4n) is 1.34. The molecule has 6 nitrogen and oxygen atoms in total. The van der Waals surface area contributed by atoms with Crippen LogP contribution >= 0.6 is 23.2 Å². The van der Waals surface area contributed by atoms with E-state index in [0.717, 1.165) is 0 Å². The van der Waals surface area contributed by atoms with Gasteiger partial charge < -0.3 is 10.1 Å². The van der Waals surface area contributed by atoms with Gasteiger partial charge in [0, 0.05) is 5.69 Å². The Kier molecular flexibility index (Phi) is 4.35. The van der Waals surface area contributed by atoms with Gasteiger partial charge in [0.15, 0.2) is 11.4 Å². The number of hydrogen-bond acceptors (Lipinski definition) is 4. The number of amides is 1. The number of carbonyl (C=O) groups excluding carboxylic acids is 1. The van der Waals surface area contributed by atoms with Crippen LogP contribution in [0.15, 0.2) is 18.3 Å². The number of carbonyl (C=O) groups is 1. The van der Waals surface area contributed by atoms with Gasteiger partial charge in [-0.1, -0.05) is 23.2 Å². The minimum absolute atomic E-state index is 0.0464. The molecule has 2 N–H and O–H groups in total. The molecule has 2 aromatic rings. The van der Waals surface area contributed by atoms with Crippen molar-refractivity contribution < 1.29 is 18.3 Å². The standard InChI is InChI=1S/C10H6Cl2F2N4O2/c11-5-1-4(2-6(12)8(5)20-10(13)14)16-9(19)7-3-15-18-17-7/h1-3,10H,(H,16,19)(H,15,17,18). The molecule has 0 saturated carbocycles. The molecule has 0 atom stereocenters. The number of alkyl halides is 2. The van der Waals surface area contributed by atoms with Gasteiger partial charge in [-0.25, -0.2) is 0 Å². The molecule has 2 rings (SSSR count). The zero-order valence-electron chi connectivity index (χ0n) is 9.53. The van der Waals surface area contributed by atoms with Crippen LogP contribution in [0.2, 0.25) is 10.0 Å². The van der Waals surface area contributed by atoms with Crippen LogP contribution in [-0.2, 0) is 0 Å². The largest absolute Gasteiger partial charge is 0.432 e. The van der Waals surface area contributed by atoms with Crippen molar-refractivity contribution in [3.05, 3.63) is 34.1 Å². The Balaban J connectivity index is 2.20. The number of nitrogens with zero attached hydrogens (tertiary/aromatic N) is 2. The lowest BCUT2D eigenvalue weighted by Crippen LogP contribution is -2.12. The molecular formula is C10H6Cl2F2N4O2. The number of aromatic amines is 1. The Morgan fingerprint density at radius 1 is 1.35 bits per heavy atom. The van der Waals surface area contributed by atoms with E-state index in [0.29, 0.717) is 0 Å². The zero-order chi connectivity index (χ0) is 14.7. The summed E-state index contributed by atoms with van der Waals surface area (Å²) < 4.78 is 28.5. The fourth-order valence-corrected chi connectivity index (χ4v) is 1.92. The predicted molar refractivity (Wildman–Crippen MR) is 67.4 cm³/mol. The quantitative estimate of drug-likeness (QED) is 0.906. The first-order valence-corrected chi connectivity index (χ1v) is 5.84. The van der Waals surface area contributed by atoms with Crippen molar-refractivity contribution in [2.45, 2.75) is 6.61 Å². The third-order valence-corrected chi connectivity index (χ3v) is 2.67. The summed E-state index contributed by atoms with van der Waals surface area (Å²) in [6.45, 7) is -3.06. The average molecular weight is 323 g/mol. The summed E-state index contributed by atoms with van der Waals surface area (Å²) >= 11 is 11.5. The lowest BCUT2D eigenvalue weighted by atomic mass is 10.3. The second kappa shape index (κ2) is 6.02. The number of aromatic nitrogens is 3. The number of H-pyrrole nitrogens is 1. The number of nitrogens with one attached hydrogen (secondary N) is 2. The van der Waals surface area contributed by atoms with Crippen LogP contribution in [0.3, 0.4) is 0 Å². The lowest BCUT2D eigenvalue weighted by Gasteiger charge is -2.11. The fraction of sp³-hybridized carbons (Fsp3) is 0.100. The van der Waals surface area contributed by atoms with Crippen LogP contribution in [0.5, 0.6) is 5.75 Å². The molecule has 0 spiro atoms. The maximum absolute atomic E-state index is 12.1. The Labute approximate surface area is 121 Å². The molecule has 0 radical (unpaired) electrons. The monoisotopic (exact) mass is 322 g/mol. The third-order valence-electron chi connectivity index (χ3n) is 2.11. The van der Waals surface area contributed by atoms with Crippen molar-refractivity contribution >= 4 is 34.8 Å². The maximum atomic E-state index is 12.1. The topological polar surface area (TPSA) is 79.9 Å². The summed E-state index contributed by atoms with van der Waals surface area (Å²) in [6.07, 6.45) is 1.22. The summed E-state index contributed by atoms with van der Waals surface area (Å²) in [7, 11) is 0. The highest BCUT2D eigenvalue weighted by atomic mass is 35.5. The van der Waals surface area contributed by atoms with Crippen molar-refractivity contribution in [2.75, 3.05) is 5.32 Å². The van der Waals surface area contributed by atoms with Crippen LogP contribution in [0, 0.1) is 0 Å². The molecule has 1 aromatic carbocycles. The molecule has 1 heterocycles. The van der Waals surface area contributed by atoms with Crippen molar-refractivity contribution in [1.82, 2.24) is 15.4 Å². The number of ether oxygens (including phenoxy) is 1. The van der Waals surface area contributed by atoms with E-state index >= 15 is 0 Å². The molecule has 0 fully saturated rings. The Morgan fingerprint density at radius 2 is 2.00 bits per heavy atom. The number of benzene rings is 1. The van der Waals surface area contributed by atoms with Gasteiger partial charge >= 0.3 is 6.61 Å². The van der Waals surface area contributed by atoms with E-state index in [1.54, 1.807) is 0 Å². The molecule has 0 saturated heterocycles. The highest BCUT2D eigenvalue weighted by molar-refractivity contribution is 6.37. The predicted octanol–water partition coefficient (Wildman–Crippen LogP) is 2.97.